The molecule has 0 radical (unpaired) electrons. The number of amides is 1. The summed E-state index contributed by atoms with van der Waals surface area (Å²) in [6.07, 6.45) is 7.23. The number of allylic oxidation sites excluding steroid dienone is 1. The zero-order valence-electron chi connectivity index (χ0n) is 8.45. The Kier molecular flexibility index (Phi) is 2.17. The summed E-state index contributed by atoms with van der Waals surface area (Å²) in [6, 6.07) is 0. The molecule has 1 aliphatic heterocycles. The second-order valence-corrected chi connectivity index (χ2v) is 4.41. The highest BCUT2D eigenvalue weighted by atomic mass is 16.2. The van der Waals surface area contributed by atoms with Crippen molar-refractivity contribution in [2.24, 2.45) is 0 Å². The van der Waals surface area contributed by atoms with Gasteiger partial charge < -0.3 is 4.90 Å². The van der Waals surface area contributed by atoms with E-state index in [1.165, 1.54) is 0 Å². The zero-order chi connectivity index (χ0) is 10.2. The molecular formula is C11H15NO2. The van der Waals surface area contributed by atoms with E-state index in [2.05, 4.69) is 19.1 Å². The molecule has 1 amide bonds. The first-order chi connectivity index (χ1) is 6.62. The molecule has 2 rings (SSSR count). The number of carbonyl (C=O) groups is 2. The first kappa shape index (κ1) is 9.44. The predicted molar refractivity (Wildman–Crippen MR) is 52.7 cm³/mol. The Labute approximate surface area is 83.8 Å². The fourth-order valence-electron chi connectivity index (χ4n) is 2.27. The molecule has 0 saturated carbocycles. The SMILES string of the molecule is CC1(N2CC(=O)CC2=O)CC=CCC1. The molecule has 0 N–H and O–H groups in total. The average Bonchev–Trinajstić information content (AvgIpc) is 2.47. The van der Waals surface area contributed by atoms with Gasteiger partial charge in [-0.2, -0.15) is 0 Å². The van der Waals surface area contributed by atoms with Crippen molar-refractivity contribution in [3.8, 4) is 0 Å². The summed E-state index contributed by atoms with van der Waals surface area (Å²) >= 11 is 0. The van der Waals surface area contributed by atoms with Crippen molar-refractivity contribution < 1.29 is 9.59 Å². The minimum absolute atomic E-state index is 0.00722. The molecule has 14 heavy (non-hydrogen) atoms. The molecule has 0 aromatic rings. The van der Waals surface area contributed by atoms with E-state index in [9.17, 15) is 9.59 Å². The monoisotopic (exact) mass is 193 g/mol. The van der Waals surface area contributed by atoms with Crippen LogP contribution in [0.4, 0.5) is 0 Å². The highest BCUT2D eigenvalue weighted by molar-refractivity contribution is 6.05. The Morgan fingerprint density at radius 3 is 2.64 bits per heavy atom. The summed E-state index contributed by atoms with van der Waals surface area (Å²) in [6.45, 7) is 2.40. The van der Waals surface area contributed by atoms with E-state index in [0.717, 1.165) is 19.3 Å². The number of hydrogen-bond donors (Lipinski definition) is 0. The van der Waals surface area contributed by atoms with Crippen LogP contribution in [-0.2, 0) is 9.59 Å². The van der Waals surface area contributed by atoms with Gasteiger partial charge in [-0.15, -0.1) is 0 Å². The number of Topliss-reactive ketones (excluding diaryl/α,β-unsaturated/α-hetero) is 1. The first-order valence-corrected chi connectivity index (χ1v) is 5.09. The number of rotatable bonds is 1. The quantitative estimate of drug-likeness (QED) is 0.465. The summed E-state index contributed by atoms with van der Waals surface area (Å²) < 4.78 is 0. The van der Waals surface area contributed by atoms with Crippen LogP contribution in [0.5, 0.6) is 0 Å². The van der Waals surface area contributed by atoms with Crippen molar-refractivity contribution >= 4 is 11.7 Å². The molecule has 0 bridgehead atoms. The Morgan fingerprint density at radius 1 is 1.36 bits per heavy atom. The molecule has 3 nitrogen and oxygen atoms in total. The third-order valence-corrected chi connectivity index (χ3v) is 3.21. The van der Waals surface area contributed by atoms with Crippen molar-refractivity contribution in [2.45, 2.75) is 38.1 Å². The Bertz CT molecular complexity index is 308. The van der Waals surface area contributed by atoms with Crippen molar-refractivity contribution in [1.82, 2.24) is 4.90 Å². The van der Waals surface area contributed by atoms with E-state index in [-0.39, 0.29) is 23.7 Å². The van der Waals surface area contributed by atoms with E-state index in [1.807, 2.05) is 0 Å². The highest BCUT2D eigenvalue weighted by Crippen LogP contribution is 2.32. The molecule has 0 aromatic carbocycles. The van der Waals surface area contributed by atoms with Gasteiger partial charge in [0.15, 0.2) is 5.78 Å². The van der Waals surface area contributed by atoms with Gasteiger partial charge in [-0.1, -0.05) is 12.2 Å². The van der Waals surface area contributed by atoms with Gasteiger partial charge in [0.2, 0.25) is 5.91 Å². The van der Waals surface area contributed by atoms with Crippen LogP contribution in [-0.4, -0.2) is 28.7 Å². The van der Waals surface area contributed by atoms with E-state index >= 15 is 0 Å². The normalized spacial score (nSPS) is 32.8. The standard InChI is InChI=1S/C11H15NO2/c1-11(5-3-2-4-6-11)12-8-9(13)7-10(12)14/h2-3H,4-8H2,1H3. The average molecular weight is 193 g/mol. The Hall–Kier alpha value is -1.12. The van der Waals surface area contributed by atoms with Gasteiger partial charge in [0.05, 0.1) is 13.0 Å². The van der Waals surface area contributed by atoms with Crippen LogP contribution in [0, 0.1) is 0 Å². The van der Waals surface area contributed by atoms with E-state index in [0.29, 0.717) is 6.54 Å². The number of carbonyl (C=O) groups excluding carboxylic acids is 2. The molecule has 0 spiro atoms. The molecule has 1 heterocycles. The van der Waals surface area contributed by atoms with Gasteiger partial charge in [0.25, 0.3) is 0 Å². The van der Waals surface area contributed by atoms with E-state index in [4.69, 9.17) is 0 Å². The molecule has 3 heteroatoms. The van der Waals surface area contributed by atoms with Crippen LogP contribution in [0.1, 0.15) is 32.6 Å². The molecule has 1 atom stereocenters. The van der Waals surface area contributed by atoms with Gasteiger partial charge in [-0.05, 0) is 26.2 Å². The Morgan fingerprint density at radius 2 is 2.14 bits per heavy atom. The van der Waals surface area contributed by atoms with Crippen LogP contribution >= 0.6 is 0 Å². The molecule has 1 saturated heterocycles. The molecule has 2 aliphatic rings. The minimum Gasteiger partial charge on any atom is -0.329 e. The lowest BCUT2D eigenvalue weighted by Gasteiger charge is -2.39. The van der Waals surface area contributed by atoms with Gasteiger partial charge in [0, 0.05) is 5.54 Å². The molecule has 0 aromatic heterocycles. The first-order valence-electron chi connectivity index (χ1n) is 5.09. The fraction of sp³-hybridized carbons (Fsp3) is 0.636. The fourth-order valence-corrected chi connectivity index (χ4v) is 2.27. The number of hydrogen-bond acceptors (Lipinski definition) is 2. The molecule has 1 aliphatic carbocycles. The van der Waals surface area contributed by atoms with Crippen molar-refractivity contribution in [3.05, 3.63) is 12.2 Å². The predicted octanol–water partition coefficient (Wildman–Crippen LogP) is 1.29. The summed E-state index contributed by atoms with van der Waals surface area (Å²) in [5.74, 6) is 0.0681. The van der Waals surface area contributed by atoms with Crippen LogP contribution < -0.4 is 0 Å². The van der Waals surface area contributed by atoms with Crippen LogP contribution in [0.25, 0.3) is 0 Å². The van der Waals surface area contributed by atoms with E-state index < -0.39 is 0 Å². The van der Waals surface area contributed by atoms with Gasteiger partial charge in [0.1, 0.15) is 0 Å². The summed E-state index contributed by atoms with van der Waals surface area (Å²) in [7, 11) is 0. The lowest BCUT2D eigenvalue weighted by atomic mass is 9.86. The van der Waals surface area contributed by atoms with Gasteiger partial charge >= 0.3 is 0 Å². The van der Waals surface area contributed by atoms with Gasteiger partial charge in [-0.25, -0.2) is 0 Å². The highest BCUT2D eigenvalue weighted by Gasteiger charge is 2.40. The van der Waals surface area contributed by atoms with Crippen molar-refractivity contribution in [2.75, 3.05) is 6.54 Å². The molecule has 1 unspecified atom stereocenters. The molecule has 76 valence electrons. The minimum atomic E-state index is -0.113. The maximum Gasteiger partial charge on any atom is 0.230 e. The van der Waals surface area contributed by atoms with E-state index in [1.54, 1.807) is 4.90 Å². The third kappa shape index (κ3) is 1.47. The lowest BCUT2D eigenvalue weighted by Crippen LogP contribution is -2.47. The zero-order valence-corrected chi connectivity index (χ0v) is 8.45. The second-order valence-electron chi connectivity index (χ2n) is 4.41. The van der Waals surface area contributed by atoms with Crippen LogP contribution in [0.2, 0.25) is 0 Å². The molecular weight excluding hydrogens is 178 g/mol. The number of ketones is 1. The van der Waals surface area contributed by atoms with Crippen LogP contribution in [0.3, 0.4) is 0 Å². The third-order valence-electron chi connectivity index (χ3n) is 3.21. The summed E-state index contributed by atoms with van der Waals surface area (Å²) in [5.41, 5.74) is -0.113. The molecule has 1 fully saturated rings. The maximum absolute atomic E-state index is 11.6. The number of nitrogens with zero attached hydrogens (tertiary/aromatic N) is 1. The smallest absolute Gasteiger partial charge is 0.230 e. The van der Waals surface area contributed by atoms with Crippen LogP contribution in [0.15, 0.2) is 12.2 Å². The van der Waals surface area contributed by atoms with Crippen molar-refractivity contribution in [3.63, 3.8) is 0 Å². The van der Waals surface area contributed by atoms with Crippen molar-refractivity contribution in [1.29, 1.82) is 0 Å². The Balaban J connectivity index is 2.17. The lowest BCUT2D eigenvalue weighted by molar-refractivity contribution is -0.133. The summed E-state index contributed by atoms with van der Waals surface area (Å²) in [5, 5.41) is 0. The maximum atomic E-state index is 11.6. The van der Waals surface area contributed by atoms with Gasteiger partial charge in [-0.3, -0.25) is 9.59 Å². The largest absolute Gasteiger partial charge is 0.329 e. The second kappa shape index (κ2) is 3.23. The number of likely N-dealkylation sites (tertiary alicyclic amines) is 1. The summed E-state index contributed by atoms with van der Waals surface area (Å²) in [4.78, 5) is 24.5. The topological polar surface area (TPSA) is 37.4 Å².